The van der Waals surface area contributed by atoms with Crippen LogP contribution in [-0.4, -0.2) is 15.9 Å². The number of pyridine rings is 1. The predicted molar refractivity (Wildman–Crippen MR) is 86.8 cm³/mol. The molecule has 3 rings (SSSR count). The first kappa shape index (κ1) is 15.5. The van der Waals surface area contributed by atoms with E-state index in [1.54, 1.807) is 18.3 Å². The zero-order chi connectivity index (χ0) is 16.9. The van der Waals surface area contributed by atoms with E-state index in [2.05, 4.69) is 20.6 Å². The summed E-state index contributed by atoms with van der Waals surface area (Å²) < 4.78 is 18.7. The number of hydrogen-bond acceptors (Lipinski definition) is 6. The topological polar surface area (TPSA) is 106 Å². The number of amides is 1. The molecule has 0 aliphatic rings. The van der Waals surface area contributed by atoms with Crippen molar-refractivity contribution in [2.45, 2.75) is 6.54 Å². The predicted octanol–water partition coefficient (Wildman–Crippen LogP) is 2.66. The summed E-state index contributed by atoms with van der Waals surface area (Å²) in [5.41, 5.74) is 7.30. The van der Waals surface area contributed by atoms with Gasteiger partial charge in [-0.1, -0.05) is 0 Å². The molecule has 0 saturated heterocycles. The molecule has 2 heterocycles. The van der Waals surface area contributed by atoms with Crippen LogP contribution in [0.25, 0.3) is 0 Å². The van der Waals surface area contributed by atoms with E-state index in [-0.39, 0.29) is 12.2 Å². The second-order valence-electron chi connectivity index (χ2n) is 4.92. The average Bonchev–Trinajstić information content (AvgIpc) is 3.11. The molecule has 1 aromatic carbocycles. The lowest BCUT2D eigenvalue weighted by atomic mass is 10.1. The summed E-state index contributed by atoms with van der Waals surface area (Å²) in [6.45, 7) is 0.190. The normalized spacial score (nSPS) is 10.4. The zero-order valence-corrected chi connectivity index (χ0v) is 12.5. The van der Waals surface area contributed by atoms with Crippen molar-refractivity contribution < 1.29 is 13.6 Å². The molecule has 3 aromatic rings. The van der Waals surface area contributed by atoms with Crippen LogP contribution < -0.4 is 16.4 Å². The molecule has 122 valence electrons. The molecular weight excluding hydrogens is 313 g/mol. The van der Waals surface area contributed by atoms with Gasteiger partial charge in [0, 0.05) is 24.0 Å². The van der Waals surface area contributed by atoms with Gasteiger partial charge in [0.05, 0.1) is 5.69 Å². The highest BCUT2D eigenvalue weighted by molar-refractivity contribution is 6.02. The first-order chi connectivity index (χ1) is 11.6. The van der Waals surface area contributed by atoms with Crippen molar-refractivity contribution in [3.05, 3.63) is 66.3 Å². The monoisotopic (exact) mass is 327 g/mol. The van der Waals surface area contributed by atoms with Gasteiger partial charge in [-0.15, -0.1) is 0 Å². The van der Waals surface area contributed by atoms with E-state index in [9.17, 15) is 9.18 Å². The van der Waals surface area contributed by atoms with E-state index < -0.39 is 11.7 Å². The van der Waals surface area contributed by atoms with Crippen LogP contribution in [0.15, 0.2) is 53.6 Å². The standard InChI is InChI=1S/C16H14FN5O2/c17-12-4-3-11(22-16(23)14-8-24-9-21-14)6-10(12)7-20-13-2-1-5-19-15(13)18/h1-6,8-9,20H,7H2,(H2,18,19)(H,22,23). The molecule has 0 radical (unpaired) electrons. The average molecular weight is 327 g/mol. The Morgan fingerprint density at radius 1 is 1.29 bits per heavy atom. The molecule has 0 unspecified atom stereocenters. The number of carbonyl (C=O) groups excluding carboxylic acids is 1. The van der Waals surface area contributed by atoms with Crippen LogP contribution in [-0.2, 0) is 6.54 Å². The maximum atomic E-state index is 14.0. The zero-order valence-electron chi connectivity index (χ0n) is 12.5. The number of aromatic nitrogens is 2. The number of nitrogens with zero attached hydrogens (tertiary/aromatic N) is 2. The number of nitrogens with one attached hydrogen (secondary N) is 2. The molecule has 0 saturated carbocycles. The van der Waals surface area contributed by atoms with E-state index in [1.807, 2.05) is 0 Å². The van der Waals surface area contributed by atoms with Crippen LogP contribution in [0.1, 0.15) is 16.1 Å². The molecule has 0 fully saturated rings. The number of carbonyl (C=O) groups is 1. The highest BCUT2D eigenvalue weighted by Crippen LogP contribution is 2.19. The summed E-state index contributed by atoms with van der Waals surface area (Å²) in [5.74, 6) is -0.511. The van der Waals surface area contributed by atoms with Gasteiger partial charge in [-0.05, 0) is 30.3 Å². The highest BCUT2D eigenvalue weighted by atomic mass is 19.1. The fraction of sp³-hybridized carbons (Fsp3) is 0.0625. The van der Waals surface area contributed by atoms with Crippen LogP contribution >= 0.6 is 0 Å². The minimum atomic E-state index is -0.439. The van der Waals surface area contributed by atoms with Gasteiger partial charge in [0.15, 0.2) is 12.1 Å². The smallest absolute Gasteiger partial charge is 0.277 e. The number of nitrogen functional groups attached to an aromatic ring is 1. The summed E-state index contributed by atoms with van der Waals surface area (Å²) in [7, 11) is 0. The largest absolute Gasteiger partial charge is 0.451 e. The van der Waals surface area contributed by atoms with Crippen LogP contribution in [0.5, 0.6) is 0 Å². The minimum absolute atomic E-state index is 0.141. The second kappa shape index (κ2) is 6.78. The second-order valence-corrected chi connectivity index (χ2v) is 4.92. The molecular formula is C16H14FN5O2. The molecule has 2 aromatic heterocycles. The fourth-order valence-electron chi connectivity index (χ4n) is 2.07. The Kier molecular flexibility index (Phi) is 4.37. The van der Waals surface area contributed by atoms with Gasteiger partial charge in [0.2, 0.25) is 0 Å². The third-order valence-electron chi connectivity index (χ3n) is 3.28. The van der Waals surface area contributed by atoms with Crippen LogP contribution in [0.3, 0.4) is 0 Å². The first-order valence-electron chi connectivity index (χ1n) is 7.06. The Hall–Kier alpha value is -3.42. The van der Waals surface area contributed by atoms with Crippen molar-refractivity contribution in [1.82, 2.24) is 9.97 Å². The first-order valence-corrected chi connectivity index (χ1v) is 7.06. The summed E-state index contributed by atoms with van der Waals surface area (Å²) in [6.07, 6.45) is 3.96. The van der Waals surface area contributed by atoms with Gasteiger partial charge in [0.1, 0.15) is 17.9 Å². The Labute approximate surface area is 136 Å². The van der Waals surface area contributed by atoms with Crippen molar-refractivity contribution in [3.8, 4) is 0 Å². The number of hydrogen-bond donors (Lipinski definition) is 3. The maximum absolute atomic E-state index is 14.0. The molecule has 0 atom stereocenters. The number of benzene rings is 1. The number of rotatable bonds is 5. The van der Waals surface area contributed by atoms with Crippen molar-refractivity contribution in [3.63, 3.8) is 0 Å². The SMILES string of the molecule is Nc1ncccc1NCc1cc(NC(=O)c2cocn2)ccc1F. The molecule has 0 spiro atoms. The Morgan fingerprint density at radius 2 is 2.17 bits per heavy atom. The molecule has 0 bridgehead atoms. The highest BCUT2D eigenvalue weighted by Gasteiger charge is 2.11. The molecule has 1 amide bonds. The van der Waals surface area contributed by atoms with E-state index >= 15 is 0 Å². The quantitative estimate of drug-likeness (QED) is 0.665. The summed E-state index contributed by atoms with van der Waals surface area (Å²) in [5, 5.41) is 5.64. The van der Waals surface area contributed by atoms with E-state index in [0.29, 0.717) is 22.8 Å². The molecule has 24 heavy (non-hydrogen) atoms. The number of oxazole rings is 1. The van der Waals surface area contributed by atoms with E-state index in [0.717, 1.165) is 6.39 Å². The molecule has 4 N–H and O–H groups in total. The third-order valence-corrected chi connectivity index (χ3v) is 3.28. The molecule has 0 aliphatic heterocycles. The summed E-state index contributed by atoms with van der Waals surface area (Å²) >= 11 is 0. The van der Waals surface area contributed by atoms with Crippen molar-refractivity contribution >= 4 is 23.1 Å². The van der Waals surface area contributed by atoms with Gasteiger partial charge >= 0.3 is 0 Å². The van der Waals surface area contributed by atoms with Crippen molar-refractivity contribution in [1.29, 1.82) is 0 Å². The lowest BCUT2D eigenvalue weighted by molar-refractivity contribution is 0.102. The Bertz CT molecular complexity index is 851. The van der Waals surface area contributed by atoms with Gasteiger partial charge < -0.3 is 20.8 Å². The Balaban J connectivity index is 1.72. The minimum Gasteiger partial charge on any atom is -0.451 e. The molecule has 7 nitrogen and oxygen atoms in total. The van der Waals surface area contributed by atoms with Gasteiger partial charge in [-0.3, -0.25) is 4.79 Å². The maximum Gasteiger partial charge on any atom is 0.277 e. The van der Waals surface area contributed by atoms with Gasteiger partial charge in [0.25, 0.3) is 5.91 Å². The number of halogens is 1. The van der Waals surface area contributed by atoms with Gasteiger partial charge in [-0.2, -0.15) is 0 Å². The summed E-state index contributed by atoms with van der Waals surface area (Å²) in [4.78, 5) is 19.6. The number of nitrogens with two attached hydrogens (primary N) is 1. The Morgan fingerprint density at radius 3 is 2.92 bits per heavy atom. The van der Waals surface area contributed by atoms with Crippen LogP contribution in [0.4, 0.5) is 21.6 Å². The number of anilines is 3. The molecule has 8 heteroatoms. The van der Waals surface area contributed by atoms with Crippen molar-refractivity contribution in [2.24, 2.45) is 0 Å². The fourth-order valence-corrected chi connectivity index (χ4v) is 2.07. The van der Waals surface area contributed by atoms with E-state index in [1.165, 1.54) is 24.5 Å². The van der Waals surface area contributed by atoms with Crippen LogP contribution in [0.2, 0.25) is 0 Å². The van der Waals surface area contributed by atoms with Crippen LogP contribution in [0, 0.1) is 5.82 Å². The van der Waals surface area contributed by atoms with E-state index in [4.69, 9.17) is 10.2 Å². The van der Waals surface area contributed by atoms with Gasteiger partial charge in [-0.25, -0.2) is 14.4 Å². The van der Waals surface area contributed by atoms with Crippen molar-refractivity contribution in [2.75, 3.05) is 16.4 Å². The molecule has 0 aliphatic carbocycles. The third kappa shape index (κ3) is 3.49. The summed E-state index contributed by atoms with van der Waals surface area (Å²) in [6, 6.07) is 7.75. The lowest BCUT2D eigenvalue weighted by Gasteiger charge is -2.11. The lowest BCUT2D eigenvalue weighted by Crippen LogP contribution is -2.13.